The van der Waals surface area contributed by atoms with Crippen molar-refractivity contribution < 1.29 is 19.4 Å². The highest BCUT2D eigenvalue weighted by Gasteiger charge is 2.30. The number of hydrogen-bond acceptors (Lipinski definition) is 3. The van der Waals surface area contributed by atoms with Crippen molar-refractivity contribution in [2.45, 2.75) is 6.04 Å². The van der Waals surface area contributed by atoms with Crippen molar-refractivity contribution in [3.05, 3.63) is 12.7 Å². The summed E-state index contributed by atoms with van der Waals surface area (Å²) in [6.45, 7) is 4.00. The van der Waals surface area contributed by atoms with Crippen molar-refractivity contribution in [3.8, 4) is 0 Å². The number of carbonyl (C=O) groups excluding carboxylic acids is 1. The zero-order valence-corrected chi connectivity index (χ0v) is 7.10. The van der Waals surface area contributed by atoms with Gasteiger partial charge in [-0.1, -0.05) is 6.58 Å². The molecular weight excluding hydrogens is 174 g/mol. The predicted octanol–water partition coefficient (Wildman–Crippen LogP) is 0.120. The Bertz CT molecular complexity index is 238. The van der Waals surface area contributed by atoms with E-state index in [4.69, 9.17) is 9.84 Å². The molecule has 1 aliphatic rings. The highest BCUT2D eigenvalue weighted by molar-refractivity contribution is 5.95. The van der Waals surface area contributed by atoms with Gasteiger partial charge in [0.2, 0.25) is 0 Å². The Labute approximate surface area is 75.6 Å². The van der Waals surface area contributed by atoms with E-state index in [-0.39, 0.29) is 18.9 Å². The smallest absolute Gasteiger partial charge is 0.408 e. The molecule has 0 aromatic heterocycles. The van der Waals surface area contributed by atoms with Gasteiger partial charge in [0.1, 0.15) is 6.04 Å². The molecule has 0 aliphatic carbocycles. The summed E-state index contributed by atoms with van der Waals surface area (Å²) in [4.78, 5) is 22.9. The largest absolute Gasteiger partial charge is 0.465 e. The van der Waals surface area contributed by atoms with Crippen LogP contribution in [0.15, 0.2) is 12.7 Å². The van der Waals surface area contributed by atoms with E-state index >= 15 is 0 Å². The fraction of sp³-hybridized carbons (Fsp3) is 0.500. The number of ether oxygens (including phenoxy) is 1. The molecule has 5 heteroatoms. The maximum atomic E-state index is 11.2. The lowest BCUT2D eigenvalue weighted by Gasteiger charge is -2.31. The van der Waals surface area contributed by atoms with Crippen LogP contribution in [0.4, 0.5) is 4.79 Å². The minimum absolute atomic E-state index is 0.122. The Balaban J connectivity index is 2.72. The second-order valence-corrected chi connectivity index (χ2v) is 2.67. The molecule has 72 valence electrons. The number of carboxylic acid groups (broad SMARTS) is 1. The number of morpholine rings is 1. The molecule has 1 saturated heterocycles. The van der Waals surface area contributed by atoms with E-state index in [0.29, 0.717) is 6.61 Å². The highest BCUT2D eigenvalue weighted by Crippen LogP contribution is 2.08. The van der Waals surface area contributed by atoms with E-state index < -0.39 is 12.1 Å². The predicted molar refractivity (Wildman–Crippen MR) is 44.5 cm³/mol. The Hall–Kier alpha value is -1.36. The van der Waals surface area contributed by atoms with Gasteiger partial charge in [-0.2, -0.15) is 0 Å². The van der Waals surface area contributed by atoms with Crippen LogP contribution < -0.4 is 0 Å². The first-order valence-corrected chi connectivity index (χ1v) is 3.90. The van der Waals surface area contributed by atoms with Gasteiger partial charge in [-0.3, -0.25) is 9.69 Å². The number of hydrogen-bond donors (Lipinski definition) is 1. The normalized spacial score (nSPS) is 22.5. The van der Waals surface area contributed by atoms with Crippen molar-refractivity contribution in [2.75, 3.05) is 19.8 Å². The zero-order valence-electron chi connectivity index (χ0n) is 7.10. The average Bonchev–Trinajstić information content (AvgIpc) is 2.16. The van der Waals surface area contributed by atoms with Crippen LogP contribution in [-0.2, 0) is 9.53 Å². The molecule has 1 N–H and O–H groups in total. The third-order valence-electron chi connectivity index (χ3n) is 1.90. The Morgan fingerprint density at radius 1 is 1.62 bits per heavy atom. The molecule has 5 nitrogen and oxygen atoms in total. The fourth-order valence-electron chi connectivity index (χ4n) is 1.20. The lowest BCUT2D eigenvalue weighted by atomic mass is 10.1. The summed E-state index contributed by atoms with van der Waals surface area (Å²) in [5.41, 5.74) is 0. The minimum atomic E-state index is -1.09. The van der Waals surface area contributed by atoms with Crippen LogP contribution >= 0.6 is 0 Å². The first-order valence-electron chi connectivity index (χ1n) is 3.90. The van der Waals surface area contributed by atoms with Crippen molar-refractivity contribution in [1.82, 2.24) is 4.90 Å². The number of carbonyl (C=O) groups is 2. The molecule has 1 aliphatic heterocycles. The van der Waals surface area contributed by atoms with E-state index in [1.165, 1.54) is 0 Å². The molecule has 1 rings (SSSR count). The van der Waals surface area contributed by atoms with E-state index in [1.54, 1.807) is 0 Å². The second-order valence-electron chi connectivity index (χ2n) is 2.67. The molecule has 1 unspecified atom stereocenters. The molecule has 1 amide bonds. The van der Waals surface area contributed by atoms with Crippen molar-refractivity contribution in [3.63, 3.8) is 0 Å². The molecule has 0 aromatic rings. The minimum Gasteiger partial charge on any atom is -0.465 e. The van der Waals surface area contributed by atoms with E-state index in [0.717, 1.165) is 11.0 Å². The average molecular weight is 185 g/mol. The van der Waals surface area contributed by atoms with Gasteiger partial charge in [0.05, 0.1) is 13.2 Å². The van der Waals surface area contributed by atoms with Crippen LogP contribution in [0.2, 0.25) is 0 Å². The van der Waals surface area contributed by atoms with E-state index in [9.17, 15) is 9.59 Å². The highest BCUT2D eigenvalue weighted by atomic mass is 16.5. The summed E-state index contributed by atoms with van der Waals surface area (Å²) >= 11 is 0. The summed E-state index contributed by atoms with van der Waals surface area (Å²) in [5, 5.41) is 8.74. The Kier molecular flexibility index (Phi) is 3.02. The molecule has 0 spiro atoms. The van der Waals surface area contributed by atoms with Crippen molar-refractivity contribution in [1.29, 1.82) is 0 Å². The summed E-state index contributed by atoms with van der Waals surface area (Å²) in [6.07, 6.45) is 0.0263. The van der Waals surface area contributed by atoms with Gasteiger partial charge in [-0.25, -0.2) is 4.79 Å². The summed E-state index contributed by atoms with van der Waals surface area (Å²) in [6, 6.07) is -0.719. The van der Waals surface area contributed by atoms with Crippen molar-refractivity contribution in [2.24, 2.45) is 0 Å². The van der Waals surface area contributed by atoms with Crippen LogP contribution in [0.25, 0.3) is 0 Å². The van der Waals surface area contributed by atoms with Gasteiger partial charge >= 0.3 is 6.09 Å². The molecule has 1 atom stereocenters. The van der Waals surface area contributed by atoms with Gasteiger partial charge in [-0.05, 0) is 6.08 Å². The number of rotatable bonds is 2. The van der Waals surface area contributed by atoms with Crippen LogP contribution in [-0.4, -0.2) is 47.7 Å². The van der Waals surface area contributed by atoms with E-state index in [2.05, 4.69) is 6.58 Å². The molecule has 1 fully saturated rings. The molecule has 1 heterocycles. The number of amides is 1. The SMILES string of the molecule is C=CC(=O)C1COCCN1C(=O)O. The van der Waals surface area contributed by atoms with Crippen LogP contribution in [0.1, 0.15) is 0 Å². The maximum absolute atomic E-state index is 11.2. The molecule has 0 saturated carbocycles. The zero-order chi connectivity index (χ0) is 9.84. The lowest BCUT2D eigenvalue weighted by Crippen LogP contribution is -2.51. The summed E-state index contributed by atoms with van der Waals surface area (Å²) < 4.78 is 5.01. The molecule has 13 heavy (non-hydrogen) atoms. The Morgan fingerprint density at radius 2 is 2.31 bits per heavy atom. The van der Waals surface area contributed by atoms with Gasteiger partial charge in [0.15, 0.2) is 5.78 Å². The lowest BCUT2D eigenvalue weighted by molar-refractivity contribution is -0.124. The van der Waals surface area contributed by atoms with Crippen LogP contribution in [0, 0.1) is 0 Å². The third-order valence-corrected chi connectivity index (χ3v) is 1.90. The second kappa shape index (κ2) is 4.04. The van der Waals surface area contributed by atoms with Gasteiger partial charge < -0.3 is 9.84 Å². The van der Waals surface area contributed by atoms with Crippen molar-refractivity contribution >= 4 is 11.9 Å². The van der Waals surface area contributed by atoms with Crippen LogP contribution in [0.5, 0.6) is 0 Å². The first-order chi connectivity index (χ1) is 6.16. The monoisotopic (exact) mass is 185 g/mol. The quantitative estimate of drug-likeness (QED) is 0.620. The van der Waals surface area contributed by atoms with Gasteiger partial charge in [0.25, 0.3) is 0 Å². The summed E-state index contributed by atoms with van der Waals surface area (Å²) in [7, 11) is 0. The van der Waals surface area contributed by atoms with Gasteiger partial charge in [0, 0.05) is 6.54 Å². The number of nitrogens with zero attached hydrogens (tertiary/aromatic N) is 1. The maximum Gasteiger partial charge on any atom is 0.408 e. The molecule has 0 radical (unpaired) electrons. The Morgan fingerprint density at radius 3 is 2.85 bits per heavy atom. The standard InChI is InChI=1S/C8H11NO4/c1-2-7(10)6-5-13-4-3-9(6)8(11)12/h2,6H,1,3-5H2,(H,11,12). The topological polar surface area (TPSA) is 66.8 Å². The molecule has 0 aromatic carbocycles. The molecular formula is C8H11NO4. The van der Waals surface area contributed by atoms with Gasteiger partial charge in [-0.15, -0.1) is 0 Å². The summed E-state index contributed by atoms with van der Waals surface area (Å²) in [5.74, 6) is -0.317. The molecule has 0 bridgehead atoms. The van der Waals surface area contributed by atoms with Crippen LogP contribution in [0.3, 0.4) is 0 Å². The first kappa shape index (κ1) is 9.73. The van der Waals surface area contributed by atoms with E-state index in [1.807, 2.05) is 0 Å². The number of ketones is 1. The fourth-order valence-corrected chi connectivity index (χ4v) is 1.20. The third kappa shape index (κ3) is 2.06.